The maximum atomic E-state index is 9.42. The highest BCUT2D eigenvalue weighted by molar-refractivity contribution is 6.32. The summed E-state index contributed by atoms with van der Waals surface area (Å²) < 4.78 is 5.16. The quantitative estimate of drug-likeness (QED) is 0.765. The molecule has 3 N–H and O–H groups in total. The summed E-state index contributed by atoms with van der Waals surface area (Å²) in [5.74, 6) is 0.752. The lowest BCUT2D eigenvalue weighted by Gasteiger charge is -2.11. The topological polar surface area (TPSA) is 87.7 Å². The summed E-state index contributed by atoms with van der Waals surface area (Å²) in [4.78, 5) is 7.37. The fraction of sp³-hybridized carbons (Fsp3) is 0.0588. The van der Waals surface area contributed by atoms with E-state index in [0.29, 0.717) is 27.6 Å². The van der Waals surface area contributed by atoms with Crippen LogP contribution in [0.15, 0.2) is 42.6 Å². The number of anilines is 1. The lowest BCUT2D eigenvalue weighted by molar-refractivity contribution is 0.415. The number of ether oxygens (including phenoxy) is 1. The molecule has 3 rings (SSSR count). The number of methoxy groups -OCH3 is 1. The largest absolute Gasteiger partial charge is 0.495 e. The molecule has 0 spiro atoms. The summed E-state index contributed by atoms with van der Waals surface area (Å²) in [6, 6.07) is 13.0. The number of rotatable bonds is 3. The van der Waals surface area contributed by atoms with Gasteiger partial charge in [-0.3, -0.25) is 0 Å². The summed E-state index contributed by atoms with van der Waals surface area (Å²) in [6.07, 6.45) is 1.80. The van der Waals surface area contributed by atoms with Gasteiger partial charge < -0.3 is 15.5 Å². The van der Waals surface area contributed by atoms with E-state index in [2.05, 4.69) is 16.0 Å². The molecule has 0 radical (unpaired) electrons. The van der Waals surface area contributed by atoms with Crippen LogP contribution in [0.1, 0.15) is 5.56 Å². The van der Waals surface area contributed by atoms with E-state index >= 15 is 0 Å². The number of nitrogen functional groups attached to an aromatic ring is 1. The van der Waals surface area contributed by atoms with E-state index in [1.807, 2.05) is 24.3 Å². The highest BCUT2D eigenvalue weighted by atomic mass is 35.5. The second-order valence-corrected chi connectivity index (χ2v) is 5.27. The Labute approximate surface area is 138 Å². The van der Waals surface area contributed by atoms with Gasteiger partial charge in [-0.25, -0.2) is 4.98 Å². The zero-order valence-electron chi connectivity index (χ0n) is 12.3. The van der Waals surface area contributed by atoms with Crippen LogP contribution in [0.5, 0.6) is 5.75 Å². The zero-order valence-corrected chi connectivity index (χ0v) is 13.1. The lowest BCUT2D eigenvalue weighted by atomic mass is 9.99. The number of aromatic amines is 1. The van der Waals surface area contributed by atoms with Crippen molar-refractivity contribution in [3.63, 3.8) is 0 Å². The van der Waals surface area contributed by atoms with Gasteiger partial charge in [0.2, 0.25) is 0 Å². The Bertz CT molecular complexity index is 898. The van der Waals surface area contributed by atoms with E-state index < -0.39 is 0 Å². The molecule has 3 aromatic rings. The number of benzene rings is 1. The molecule has 0 aliphatic heterocycles. The number of pyridine rings is 1. The number of hydrogen-bond donors (Lipinski definition) is 2. The predicted molar refractivity (Wildman–Crippen MR) is 90.1 cm³/mol. The van der Waals surface area contributed by atoms with Crippen LogP contribution in [0.25, 0.3) is 22.5 Å². The zero-order chi connectivity index (χ0) is 16.4. The molecule has 5 nitrogen and oxygen atoms in total. The van der Waals surface area contributed by atoms with Crippen LogP contribution in [0.4, 0.5) is 5.82 Å². The molecule has 1 aromatic carbocycles. The summed E-state index contributed by atoms with van der Waals surface area (Å²) in [7, 11) is 1.55. The molecular weight excluding hydrogens is 312 g/mol. The van der Waals surface area contributed by atoms with Crippen molar-refractivity contribution in [3.8, 4) is 34.3 Å². The van der Waals surface area contributed by atoms with Gasteiger partial charge in [-0.1, -0.05) is 17.7 Å². The molecule has 2 heterocycles. The van der Waals surface area contributed by atoms with E-state index in [1.54, 1.807) is 25.4 Å². The van der Waals surface area contributed by atoms with Gasteiger partial charge >= 0.3 is 0 Å². The summed E-state index contributed by atoms with van der Waals surface area (Å²) >= 11 is 6.19. The van der Waals surface area contributed by atoms with E-state index in [0.717, 1.165) is 11.3 Å². The average Bonchev–Trinajstić information content (AvgIpc) is 3.08. The third kappa shape index (κ3) is 2.72. The Balaban J connectivity index is 2.21. The van der Waals surface area contributed by atoms with Crippen molar-refractivity contribution >= 4 is 17.4 Å². The van der Waals surface area contributed by atoms with Crippen molar-refractivity contribution in [1.82, 2.24) is 9.97 Å². The Morgan fingerprint density at radius 3 is 2.74 bits per heavy atom. The number of nitrogens with two attached hydrogens (primary N) is 1. The van der Waals surface area contributed by atoms with Crippen molar-refractivity contribution in [3.05, 3.63) is 53.2 Å². The average molecular weight is 325 g/mol. The number of nitriles is 1. The summed E-state index contributed by atoms with van der Waals surface area (Å²) in [5.41, 5.74) is 9.22. The first-order chi connectivity index (χ1) is 11.1. The molecular formula is C17H13ClN4O. The highest BCUT2D eigenvalue weighted by Crippen LogP contribution is 2.34. The Hall–Kier alpha value is -2.97. The van der Waals surface area contributed by atoms with Gasteiger partial charge in [0.15, 0.2) is 0 Å². The van der Waals surface area contributed by atoms with Crippen molar-refractivity contribution in [2.45, 2.75) is 0 Å². The van der Waals surface area contributed by atoms with Crippen LogP contribution in [-0.4, -0.2) is 17.1 Å². The van der Waals surface area contributed by atoms with Crippen molar-refractivity contribution in [2.75, 3.05) is 12.8 Å². The first-order valence-electron chi connectivity index (χ1n) is 6.82. The van der Waals surface area contributed by atoms with E-state index in [9.17, 15) is 5.26 Å². The molecule has 0 bridgehead atoms. The van der Waals surface area contributed by atoms with Gasteiger partial charge in [0.1, 0.15) is 23.2 Å². The SMILES string of the molecule is COc1ccc(-c2cc(-c3ccc[nH]3)nc(N)c2C#N)cc1Cl. The van der Waals surface area contributed by atoms with Gasteiger partial charge in [-0.05, 0) is 35.9 Å². The van der Waals surface area contributed by atoms with Gasteiger partial charge in [0.05, 0.1) is 23.5 Å². The Morgan fingerprint density at radius 1 is 1.30 bits per heavy atom. The van der Waals surface area contributed by atoms with Crippen molar-refractivity contribution in [1.29, 1.82) is 5.26 Å². The summed E-state index contributed by atoms with van der Waals surface area (Å²) in [5, 5.41) is 9.88. The molecule has 0 unspecified atom stereocenters. The molecule has 0 saturated carbocycles. The fourth-order valence-corrected chi connectivity index (χ4v) is 2.63. The first-order valence-corrected chi connectivity index (χ1v) is 7.20. The van der Waals surface area contributed by atoms with Crippen molar-refractivity contribution < 1.29 is 4.74 Å². The van der Waals surface area contributed by atoms with Crippen LogP contribution >= 0.6 is 11.6 Å². The Morgan fingerprint density at radius 2 is 2.13 bits per heavy atom. The van der Waals surface area contributed by atoms with E-state index in [4.69, 9.17) is 22.1 Å². The second kappa shape index (κ2) is 6.03. The monoisotopic (exact) mass is 324 g/mol. The molecule has 2 aromatic heterocycles. The molecule has 0 fully saturated rings. The van der Waals surface area contributed by atoms with Gasteiger partial charge in [0, 0.05) is 11.8 Å². The molecule has 0 aliphatic carbocycles. The summed E-state index contributed by atoms with van der Waals surface area (Å²) in [6.45, 7) is 0. The molecule has 114 valence electrons. The van der Waals surface area contributed by atoms with Crippen molar-refractivity contribution in [2.24, 2.45) is 0 Å². The molecule has 0 saturated heterocycles. The molecule has 6 heteroatoms. The van der Waals surface area contributed by atoms with Crippen LogP contribution < -0.4 is 10.5 Å². The normalized spacial score (nSPS) is 10.3. The number of halogens is 1. The minimum atomic E-state index is 0.182. The van der Waals surface area contributed by atoms with Crippen LogP contribution in [-0.2, 0) is 0 Å². The predicted octanol–water partition coefficient (Wildman–Crippen LogP) is 3.86. The van der Waals surface area contributed by atoms with Gasteiger partial charge in [0.25, 0.3) is 0 Å². The van der Waals surface area contributed by atoms with Gasteiger partial charge in [-0.15, -0.1) is 0 Å². The number of nitrogens with one attached hydrogen (secondary N) is 1. The van der Waals surface area contributed by atoms with E-state index in [-0.39, 0.29) is 5.82 Å². The maximum Gasteiger partial charge on any atom is 0.142 e. The third-order valence-corrected chi connectivity index (χ3v) is 3.79. The maximum absolute atomic E-state index is 9.42. The van der Waals surface area contributed by atoms with Crippen LogP contribution in [0.3, 0.4) is 0 Å². The van der Waals surface area contributed by atoms with E-state index in [1.165, 1.54) is 0 Å². The smallest absolute Gasteiger partial charge is 0.142 e. The fourth-order valence-electron chi connectivity index (χ4n) is 2.37. The Kier molecular flexibility index (Phi) is 3.92. The standard InChI is InChI=1S/C17H13ClN4O/c1-23-16-5-4-10(7-13(16)18)11-8-15(14-3-2-6-21-14)22-17(20)12(11)9-19/h2-8,21H,1H3,(H2,20,22). The molecule has 0 amide bonds. The number of nitrogens with zero attached hydrogens (tertiary/aromatic N) is 2. The third-order valence-electron chi connectivity index (χ3n) is 3.50. The van der Waals surface area contributed by atoms with Crippen LogP contribution in [0, 0.1) is 11.3 Å². The highest BCUT2D eigenvalue weighted by Gasteiger charge is 2.15. The molecule has 23 heavy (non-hydrogen) atoms. The lowest BCUT2D eigenvalue weighted by Crippen LogP contribution is -2.00. The number of hydrogen-bond acceptors (Lipinski definition) is 4. The second-order valence-electron chi connectivity index (χ2n) is 4.86. The first kappa shape index (κ1) is 14.9. The number of H-pyrrole nitrogens is 1. The molecule has 0 aliphatic rings. The van der Waals surface area contributed by atoms with Crippen LogP contribution in [0.2, 0.25) is 5.02 Å². The minimum absolute atomic E-state index is 0.182. The van der Waals surface area contributed by atoms with Gasteiger partial charge in [-0.2, -0.15) is 5.26 Å². The minimum Gasteiger partial charge on any atom is -0.495 e. The number of aromatic nitrogens is 2. The molecule has 0 atom stereocenters.